The minimum Gasteiger partial charge on any atom is -0.321 e. The summed E-state index contributed by atoms with van der Waals surface area (Å²) in [6, 6.07) is 14.0. The van der Waals surface area contributed by atoms with Gasteiger partial charge in [0.25, 0.3) is 15.9 Å². The quantitative estimate of drug-likeness (QED) is 0.588. The van der Waals surface area contributed by atoms with Crippen LogP contribution in [0.1, 0.15) is 17.4 Å². The maximum Gasteiger partial charge on any atom is 0.273 e. The molecular weight excluding hydrogens is 404 g/mol. The van der Waals surface area contributed by atoms with Gasteiger partial charge in [-0.05, 0) is 42.5 Å². The van der Waals surface area contributed by atoms with Crippen molar-refractivity contribution in [3.8, 4) is 11.3 Å². The van der Waals surface area contributed by atoms with E-state index in [4.69, 9.17) is 11.6 Å². The van der Waals surface area contributed by atoms with E-state index in [0.717, 1.165) is 12.5 Å². The highest BCUT2D eigenvalue weighted by molar-refractivity contribution is 7.90. The number of amides is 2. The average molecular weight is 419 g/mol. The summed E-state index contributed by atoms with van der Waals surface area (Å²) in [6.07, 6.45) is 0. The molecule has 144 valence electrons. The van der Waals surface area contributed by atoms with E-state index in [1.54, 1.807) is 30.3 Å². The molecule has 28 heavy (non-hydrogen) atoms. The molecule has 2 amide bonds. The molecule has 3 N–H and O–H groups in total. The number of hydrogen-bond donors (Lipinski definition) is 3. The third kappa shape index (κ3) is 4.56. The Morgan fingerprint density at radius 1 is 1.04 bits per heavy atom. The zero-order chi connectivity index (χ0) is 20.3. The van der Waals surface area contributed by atoms with Crippen molar-refractivity contribution in [2.24, 2.45) is 0 Å². The number of rotatable bonds is 5. The first-order valence-corrected chi connectivity index (χ1v) is 9.87. The van der Waals surface area contributed by atoms with E-state index in [0.29, 0.717) is 16.4 Å². The Hall–Kier alpha value is -3.17. The highest BCUT2D eigenvalue weighted by atomic mass is 35.5. The molecule has 10 heteroatoms. The van der Waals surface area contributed by atoms with Crippen LogP contribution < -0.4 is 10.0 Å². The summed E-state index contributed by atoms with van der Waals surface area (Å²) >= 11 is 5.86. The third-order valence-corrected chi connectivity index (χ3v) is 5.36. The fourth-order valence-corrected chi connectivity index (χ4v) is 3.49. The maximum atomic E-state index is 12.4. The van der Waals surface area contributed by atoms with Crippen LogP contribution in [0.4, 0.5) is 5.69 Å². The second-order valence-electron chi connectivity index (χ2n) is 5.81. The lowest BCUT2D eigenvalue weighted by atomic mass is 10.1. The van der Waals surface area contributed by atoms with Gasteiger partial charge < -0.3 is 5.32 Å². The predicted octanol–water partition coefficient (Wildman–Crippen LogP) is 2.81. The number of aromatic nitrogens is 2. The lowest BCUT2D eigenvalue weighted by molar-refractivity contribution is -0.117. The van der Waals surface area contributed by atoms with Gasteiger partial charge in [0.2, 0.25) is 5.91 Å². The van der Waals surface area contributed by atoms with Gasteiger partial charge in [0.05, 0.1) is 10.6 Å². The van der Waals surface area contributed by atoms with Crippen LogP contribution in [0.3, 0.4) is 0 Å². The zero-order valence-corrected chi connectivity index (χ0v) is 16.1. The Kier molecular flexibility index (Phi) is 5.48. The molecule has 0 fully saturated rings. The van der Waals surface area contributed by atoms with Crippen LogP contribution >= 0.6 is 11.6 Å². The number of nitrogens with zero attached hydrogens (tertiary/aromatic N) is 1. The van der Waals surface area contributed by atoms with E-state index in [1.165, 1.54) is 24.3 Å². The molecule has 0 aliphatic heterocycles. The maximum absolute atomic E-state index is 12.4. The van der Waals surface area contributed by atoms with Crippen molar-refractivity contribution in [2.45, 2.75) is 11.8 Å². The van der Waals surface area contributed by atoms with Crippen molar-refractivity contribution in [3.05, 3.63) is 65.3 Å². The van der Waals surface area contributed by atoms with Crippen molar-refractivity contribution in [1.29, 1.82) is 0 Å². The number of carbonyl (C=O) groups excluding carboxylic acids is 2. The second-order valence-corrected chi connectivity index (χ2v) is 7.93. The van der Waals surface area contributed by atoms with Crippen molar-refractivity contribution < 1.29 is 18.0 Å². The highest BCUT2D eigenvalue weighted by Gasteiger charge is 2.16. The molecule has 0 spiro atoms. The first kappa shape index (κ1) is 19.6. The zero-order valence-electron chi connectivity index (χ0n) is 14.6. The molecule has 0 aliphatic rings. The topological polar surface area (TPSA) is 121 Å². The lowest BCUT2D eigenvalue weighted by Gasteiger charge is -2.07. The summed E-state index contributed by atoms with van der Waals surface area (Å²) in [5.74, 6) is -1.13. The normalized spacial score (nSPS) is 11.1. The van der Waals surface area contributed by atoms with Crippen LogP contribution in [0.2, 0.25) is 5.02 Å². The summed E-state index contributed by atoms with van der Waals surface area (Å²) in [5.41, 5.74) is 2.00. The van der Waals surface area contributed by atoms with E-state index in [-0.39, 0.29) is 10.6 Å². The molecular formula is C18H15ClN4O4S. The number of anilines is 1. The molecule has 3 aromatic rings. The molecule has 3 rings (SSSR count). The Bertz CT molecular complexity index is 1120. The molecule has 0 unspecified atom stereocenters. The standard InChI is InChI=1S/C18H15ClN4O4S/c1-11(24)23-28(26,27)15-8-6-14(7-9-15)20-18(25)17-10-16(21-22-17)12-2-4-13(19)5-3-12/h2-10H,1H3,(H,20,25)(H,21,22)(H,23,24). The van der Waals surface area contributed by atoms with Crippen LogP contribution in [0.5, 0.6) is 0 Å². The van der Waals surface area contributed by atoms with E-state index < -0.39 is 21.8 Å². The summed E-state index contributed by atoms with van der Waals surface area (Å²) in [7, 11) is -3.93. The highest BCUT2D eigenvalue weighted by Crippen LogP contribution is 2.21. The monoisotopic (exact) mass is 418 g/mol. The summed E-state index contributed by atoms with van der Waals surface area (Å²) < 4.78 is 25.7. The van der Waals surface area contributed by atoms with Gasteiger partial charge in [0.15, 0.2) is 0 Å². The predicted molar refractivity (Wildman–Crippen MR) is 104 cm³/mol. The van der Waals surface area contributed by atoms with Gasteiger partial charge in [-0.3, -0.25) is 14.7 Å². The molecule has 2 aromatic carbocycles. The number of halogens is 1. The average Bonchev–Trinajstić information content (AvgIpc) is 3.12. The van der Waals surface area contributed by atoms with Crippen LogP contribution in [0.15, 0.2) is 59.5 Å². The lowest BCUT2D eigenvalue weighted by Crippen LogP contribution is -2.28. The van der Waals surface area contributed by atoms with Gasteiger partial charge >= 0.3 is 0 Å². The summed E-state index contributed by atoms with van der Waals surface area (Å²) in [4.78, 5) is 23.2. The second kappa shape index (κ2) is 7.83. The van der Waals surface area contributed by atoms with Gasteiger partial charge in [0.1, 0.15) is 5.69 Å². The summed E-state index contributed by atoms with van der Waals surface area (Å²) in [5, 5.41) is 10.00. The molecule has 0 bridgehead atoms. The molecule has 0 atom stereocenters. The number of sulfonamides is 1. The van der Waals surface area contributed by atoms with Crippen LogP contribution in [0.25, 0.3) is 11.3 Å². The first-order chi connectivity index (χ1) is 13.2. The minimum absolute atomic E-state index is 0.0905. The largest absolute Gasteiger partial charge is 0.321 e. The molecule has 0 aliphatic carbocycles. The number of nitrogens with one attached hydrogen (secondary N) is 3. The van der Waals surface area contributed by atoms with E-state index in [1.807, 2.05) is 4.72 Å². The minimum atomic E-state index is -3.93. The van der Waals surface area contributed by atoms with E-state index >= 15 is 0 Å². The number of H-pyrrole nitrogens is 1. The molecule has 1 aromatic heterocycles. The van der Waals surface area contributed by atoms with Gasteiger partial charge in [0, 0.05) is 23.2 Å². The molecule has 0 saturated heterocycles. The Morgan fingerprint density at radius 2 is 1.68 bits per heavy atom. The third-order valence-electron chi connectivity index (χ3n) is 3.66. The fourth-order valence-electron chi connectivity index (χ4n) is 2.37. The fraction of sp³-hybridized carbons (Fsp3) is 0.0556. The number of aromatic amines is 1. The van der Waals surface area contributed by atoms with Crippen molar-refractivity contribution in [3.63, 3.8) is 0 Å². The van der Waals surface area contributed by atoms with Crippen LogP contribution in [-0.2, 0) is 14.8 Å². The van der Waals surface area contributed by atoms with E-state index in [2.05, 4.69) is 15.5 Å². The summed E-state index contributed by atoms with van der Waals surface area (Å²) in [6.45, 7) is 1.11. The molecule has 0 radical (unpaired) electrons. The first-order valence-electron chi connectivity index (χ1n) is 8.01. The Balaban J connectivity index is 1.71. The molecule has 0 saturated carbocycles. The number of benzene rings is 2. The van der Waals surface area contributed by atoms with Crippen molar-refractivity contribution in [1.82, 2.24) is 14.9 Å². The smallest absolute Gasteiger partial charge is 0.273 e. The Labute approximate surface area is 166 Å². The SMILES string of the molecule is CC(=O)NS(=O)(=O)c1ccc(NC(=O)c2cc(-c3ccc(Cl)cc3)n[nH]2)cc1. The van der Waals surface area contributed by atoms with Crippen LogP contribution in [0, 0.1) is 0 Å². The van der Waals surface area contributed by atoms with Crippen LogP contribution in [-0.4, -0.2) is 30.4 Å². The molecule has 8 nitrogen and oxygen atoms in total. The van der Waals surface area contributed by atoms with Crippen molar-refractivity contribution >= 4 is 39.1 Å². The van der Waals surface area contributed by atoms with E-state index in [9.17, 15) is 18.0 Å². The Morgan fingerprint density at radius 3 is 2.29 bits per heavy atom. The van der Waals surface area contributed by atoms with Gasteiger partial charge in [-0.2, -0.15) is 5.10 Å². The van der Waals surface area contributed by atoms with Gasteiger partial charge in [-0.15, -0.1) is 0 Å². The number of hydrogen-bond acceptors (Lipinski definition) is 5. The number of carbonyl (C=O) groups is 2. The van der Waals surface area contributed by atoms with Gasteiger partial charge in [-0.25, -0.2) is 13.1 Å². The van der Waals surface area contributed by atoms with Crippen molar-refractivity contribution in [2.75, 3.05) is 5.32 Å². The molecule has 1 heterocycles. The van der Waals surface area contributed by atoms with Gasteiger partial charge in [-0.1, -0.05) is 23.7 Å².